The van der Waals surface area contributed by atoms with Crippen molar-refractivity contribution in [3.63, 3.8) is 0 Å². The number of benzene rings is 1. The van der Waals surface area contributed by atoms with E-state index in [1.165, 1.54) is 5.56 Å². The van der Waals surface area contributed by atoms with E-state index in [2.05, 4.69) is 5.10 Å². The first-order valence-corrected chi connectivity index (χ1v) is 5.71. The fourth-order valence-electron chi connectivity index (χ4n) is 1.67. The van der Waals surface area contributed by atoms with Crippen molar-refractivity contribution < 1.29 is 4.74 Å². The van der Waals surface area contributed by atoms with Crippen LogP contribution >= 0.6 is 0 Å². The zero-order valence-corrected chi connectivity index (χ0v) is 9.97. The summed E-state index contributed by atoms with van der Waals surface area (Å²) in [5.41, 5.74) is 7.73. The smallest absolute Gasteiger partial charge is 0.119 e. The van der Waals surface area contributed by atoms with Gasteiger partial charge in [-0.2, -0.15) is 5.10 Å². The van der Waals surface area contributed by atoms with Gasteiger partial charge in [0.05, 0.1) is 19.0 Å². The highest BCUT2D eigenvalue weighted by molar-refractivity contribution is 5.37. The lowest BCUT2D eigenvalue weighted by Crippen LogP contribution is -1.99. The van der Waals surface area contributed by atoms with Crippen LogP contribution in [-0.4, -0.2) is 23.4 Å². The SMILES string of the molecule is COc1ccc(-n2cc(CCCN)cn2)cc1. The standard InChI is InChI=1S/C13H17N3O/c1-17-13-6-4-12(5-7-13)16-10-11(9-15-16)3-2-8-14/h4-7,9-10H,2-3,8,14H2,1H3. The van der Waals surface area contributed by atoms with E-state index in [0.29, 0.717) is 6.54 Å². The molecule has 0 radical (unpaired) electrons. The van der Waals surface area contributed by atoms with Crippen molar-refractivity contribution in [3.8, 4) is 11.4 Å². The first-order valence-electron chi connectivity index (χ1n) is 5.71. The summed E-state index contributed by atoms with van der Waals surface area (Å²) in [7, 11) is 1.66. The normalized spacial score (nSPS) is 10.5. The summed E-state index contributed by atoms with van der Waals surface area (Å²) in [4.78, 5) is 0. The number of aryl methyl sites for hydroxylation is 1. The van der Waals surface area contributed by atoms with Gasteiger partial charge in [-0.25, -0.2) is 4.68 Å². The fraction of sp³-hybridized carbons (Fsp3) is 0.308. The van der Waals surface area contributed by atoms with Crippen LogP contribution in [0.2, 0.25) is 0 Å². The van der Waals surface area contributed by atoms with E-state index in [-0.39, 0.29) is 0 Å². The Labute approximate surface area is 101 Å². The molecule has 0 aliphatic heterocycles. The first-order chi connectivity index (χ1) is 8.33. The molecule has 90 valence electrons. The molecule has 4 heteroatoms. The molecule has 2 N–H and O–H groups in total. The van der Waals surface area contributed by atoms with E-state index in [4.69, 9.17) is 10.5 Å². The van der Waals surface area contributed by atoms with Crippen LogP contribution in [-0.2, 0) is 6.42 Å². The van der Waals surface area contributed by atoms with Crippen LogP contribution in [0.5, 0.6) is 5.75 Å². The molecule has 1 aromatic carbocycles. The van der Waals surface area contributed by atoms with Crippen molar-refractivity contribution in [1.82, 2.24) is 9.78 Å². The summed E-state index contributed by atoms with van der Waals surface area (Å²) in [5.74, 6) is 0.851. The summed E-state index contributed by atoms with van der Waals surface area (Å²) in [6.07, 6.45) is 5.90. The maximum absolute atomic E-state index is 5.49. The largest absolute Gasteiger partial charge is 0.497 e. The van der Waals surface area contributed by atoms with Crippen LogP contribution in [0.25, 0.3) is 5.69 Å². The zero-order chi connectivity index (χ0) is 12.1. The van der Waals surface area contributed by atoms with Crippen LogP contribution < -0.4 is 10.5 Å². The van der Waals surface area contributed by atoms with Crippen molar-refractivity contribution in [1.29, 1.82) is 0 Å². The molecule has 0 saturated heterocycles. The summed E-state index contributed by atoms with van der Waals surface area (Å²) in [5, 5.41) is 4.33. The van der Waals surface area contributed by atoms with E-state index >= 15 is 0 Å². The molecular weight excluding hydrogens is 214 g/mol. The van der Waals surface area contributed by atoms with E-state index in [0.717, 1.165) is 24.3 Å². The van der Waals surface area contributed by atoms with Gasteiger partial charge in [0.2, 0.25) is 0 Å². The van der Waals surface area contributed by atoms with Gasteiger partial charge in [0.25, 0.3) is 0 Å². The molecule has 1 aromatic heterocycles. The average molecular weight is 231 g/mol. The molecule has 2 aromatic rings. The summed E-state index contributed by atoms with van der Waals surface area (Å²) in [6.45, 7) is 0.716. The lowest BCUT2D eigenvalue weighted by atomic mass is 10.2. The first kappa shape index (κ1) is 11.7. The highest BCUT2D eigenvalue weighted by Gasteiger charge is 2.01. The monoisotopic (exact) mass is 231 g/mol. The molecule has 0 amide bonds. The average Bonchev–Trinajstić information content (AvgIpc) is 2.85. The number of aromatic nitrogens is 2. The van der Waals surface area contributed by atoms with Gasteiger partial charge in [-0.1, -0.05) is 0 Å². The number of nitrogens with two attached hydrogens (primary N) is 1. The molecule has 0 aliphatic rings. The molecule has 1 heterocycles. The third-order valence-electron chi connectivity index (χ3n) is 2.64. The highest BCUT2D eigenvalue weighted by Crippen LogP contribution is 2.15. The van der Waals surface area contributed by atoms with Gasteiger partial charge in [0.1, 0.15) is 5.75 Å². The quantitative estimate of drug-likeness (QED) is 0.853. The second-order valence-corrected chi connectivity index (χ2v) is 3.88. The van der Waals surface area contributed by atoms with Gasteiger partial charge >= 0.3 is 0 Å². The number of nitrogens with zero attached hydrogens (tertiary/aromatic N) is 2. The third-order valence-corrected chi connectivity index (χ3v) is 2.64. The molecule has 0 saturated carbocycles. The molecule has 4 nitrogen and oxygen atoms in total. The van der Waals surface area contributed by atoms with Gasteiger partial charge in [0.15, 0.2) is 0 Å². The van der Waals surface area contributed by atoms with Crippen molar-refractivity contribution in [3.05, 3.63) is 42.2 Å². The van der Waals surface area contributed by atoms with Crippen molar-refractivity contribution in [2.45, 2.75) is 12.8 Å². The Kier molecular flexibility index (Phi) is 3.77. The molecule has 0 spiro atoms. The van der Waals surface area contributed by atoms with Gasteiger partial charge in [-0.3, -0.25) is 0 Å². The predicted octanol–water partition coefficient (Wildman–Crippen LogP) is 1.77. The minimum Gasteiger partial charge on any atom is -0.497 e. The Balaban J connectivity index is 2.12. The van der Waals surface area contributed by atoms with Crippen molar-refractivity contribution in [2.75, 3.05) is 13.7 Å². The molecule has 2 rings (SSSR count). The van der Waals surface area contributed by atoms with Gasteiger partial charge in [-0.05, 0) is 49.2 Å². The maximum atomic E-state index is 5.49. The minimum atomic E-state index is 0.716. The van der Waals surface area contributed by atoms with E-state index < -0.39 is 0 Å². The maximum Gasteiger partial charge on any atom is 0.119 e. The second kappa shape index (κ2) is 5.50. The predicted molar refractivity (Wildman–Crippen MR) is 67.5 cm³/mol. The Hall–Kier alpha value is -1.81. The van der Waals surface area contributed by atoms with Gasteiger partial charge in [-0.15, -0.1) is 0 Å². The minimum absolute atomic E-state index is 0.716. The number of rotatable bonds is 5. The number of methoxy groups -OCH3 is 1. The summed E-state index contributed by atoms with van der Waals surface area (Å²) < 4.78 is 6.99. The van der Waals surface area contributed by atoms with Crippen LogP contribution in [0.1, 0.15) is 12.0 Å². The van der Waals surface area contributed by atoms with Crippen molar-refractivity contribution >= 4 is 0 Å². The van der Waals surface area contributed by atoms with Crippen LogP contribution in [0, 0.1) is 0 Å². The van der Waals surface area contributed by atoms with Gasteiger partial charge in [0, 0.05) is 6.20 Å². The number of ether oxygens (including phenoxy) is 1. The van der Waals surface area contributed by atoms with Gasteiger partial charge < -0.3 is 10.5 Å². The molecule has 0 aliphatic carbocycles. The second-order valence-electron chi connectivity index (χ2n) is 3.88. The van der Waals surface area contributed by atoms with Crippen LogP contribution in [0.4, 0.5) is 0 Å². The molecular formula is C13H17N3O. The lowest BCUT2D eigenvalue weighted by Gasteiger charge is -2.02. The van der Waals surface area contributed by atoms with E-state index in [1.54, 1.807) is 7.11 Å². The third kappa shape index (κ3) is 2.85. The molecule has 0 atom stereocenters. The number of hydrogen-bond acceptors (Lipinski definition) is 3. The van der Waals surface area contributed by atoms with Crippen LogP contribution in [0.3, 0.4) is 0 Å². The molecule has 0 unspecified atom stereocenters. The Morgan fingerprint density at radius 1 is 1.29 bits per heavy atom. The molecule has 17 heavy (non-hydrogen) atoms. The Morgan fingerprint density at radius 2 is 2.06 bits per heavy atom. The Bertz CT molecular complexity index is 462. The zero-order valence-electron chi connectivity index (χ0n) is 9.97. The Morgan fingerprint density at radius 3 is 2.71 bits per heavy atom. The summed E-state index contributed by atoms with van der Waals surface area (Å²) >= 11 is 0. The van der Waals surface area contributed by atoms with Crippen LogP contribution in [0.15, 0.2) is 36.7 Å². The van der Waals surface area contributed by atoms with E-state index in [9.17, 15) is 0 Å². The van der Waals surface area contributed by atoms with E-state index in [1.807, 2.05) is 41.3 Å². The van der Waals surface area contributed by atoms with Crippen molar-refractivity contribution in [2.24, 2.45) is 5.73 Å². The summed E-state index contributed by atoms with van der Waals surface area (Å²) in [6, 6.07) is 7.82. The highest BCUT2D eigenvalue weighted by atomic mass is 16.5. The molecule has 0 fully saturated rings. The lowest BCUT2D eigenvalue weighted by molar-refractivity contribution is 0.414. The number of hydrogen-bond donors (Lipinski definition) is 1. The topological polar surface area (TPSA) is 53.1 Å². The molecule has 0 bridgehead atoms. The fourth-order valence-corrected chi connectivity index (χ4v) is 1.67.